The van der Waals surface area contributed by atoms with E-state index in [0.717, 1.165) is 43.9 Å². The highest BCUT2D eigenvalue weighted by atomic mass is 19.1. The second-order valence-electron chi connectivity index (χ2n) is 6.72. The lowest BCUT2D eigenvalue weighted by Crippen LogP contribution is -2.27. The number of imidazole rings is 1. The van der Waals surface area contributed by atoms with Gasteiger partial charge in [0.05, 0.1) is 18.1 Å². The molecule has 0 radical (unpaired) electrons. The number of nitrogens with zero attached hydrogens (tertiary/aromatic N) is 2. The van der Waals surface area contributed by atoms with E-state index >= 15 is 0 Å². The molecule has 0 spiro atoms. The van der Waals surface area contributed by atoms with E-state index in [1.54, 1.807) is 6.07 Å². The molecule has 150 valence electrons. The number of carbonyl (C=O) groups is 1. The maximum absolute atomic E-state index is 13.6. The Bertz CT molecular complexity index is 1000. The highest BCUT2D eigenvalue weighted by Gasteiger charge is 2.19. The smallest absolute Gasteiger partial charge is 0.273 e. The molecule has 7 nitrogen and oxygen atoms in total. The average Bonchev–Trinajstić information content (AvgIpc) is 3.23. The molecule has 1 aromatic carbocycles. The molecule has 0 unspecified atom stereocenters. The molecule has 0 aliphatic carbocycles. The van der Waals surface area contributed by atoms with Crippen molar-refractivity contribution < 1.29 is 18.3 Å². The van der Waals surface area contributed by atoms with Crippen molar-refractivity contribution in [3.05, 3.63) is 65.9 Å². The van der Waals surface area contributed by atoms with E-state index in [2.05, 4.69) is 25.6 Å². The van der Waals surface area contributed by atoms with Crippen molar-refractivity contribution in [2.75, 3.05) is 18.4 Å². The lowest BCUT2D eigenvalue weighted by atomic mass is 9.98. The number of hydrogen-bond acceptors (Lipinski definition) is 5. The number of nitrogens with one attached hydrogen (secondary N) is 3. The number of aromatic amines is 1. The molecule has 0 atom stereocenters. The minimum absolute atomic E-state index is 0.114. The van der Waals surface area contributed by atoms with E-state index in [-0.39, 0.29) is 17.5 Å². The molecule has 3 heterocycles. The maximum Gasteiger partial charge on any atom is 0.273 e. The topological polar surface area (TPSA) is 91.9 Å². The van der Waals surface area contributed by atoms with E-state index in [9.17, 15) is 13.6 Å². The van der Waals surface area contributed by atoms with E-state index in [1.807, 2.05) is 0 Å². The zero-order valence-electron chi connectivity index (χ0n) is 15.4. The van der Waals surface area contributed by atoms with Crippen molar-refractivity contribution in [1.82, 2.24) is 20.3 Å². The van der Waals surface area contributed by atoms with Crippen LogP contribution in [0.1, 0.15) is 35.1 Å². The van der Waals surface area contributed by atoms with Crippen LogP contribution >= 0.6 is 0 Å². The minimum atomic E-state index is -0.826. The number of ether oxygens (including phenoxy) is 1. The first-order valence-corrected chi connectivity index (χ1v) is 9.24. The fourth-order valence-electron chi connectivity index (χ4n) is 3.14. The maximum atomic E-state index is 13.6. The Balaban J connectivity index is 1.38. The zero-order valence-corrected chi connectivity index (χ0v) is 15.4. The van der Waals surface area contributed by atoms with Gasteiger partial charge in [0.2, 0.25) is 5.88 Å². The van der Waals surface area contributed by atoms with Crippen LogP contribution in [-0.4, -0.2) is 33.9 Å². The van der Waals surface area contributed by atoms with Gasteiger partial charge in [-0.2, -0.15) is 0 Å². The fourth-order valence-corrected chi connectivity index (χ4v) is 3.14. The number of anilines is 1. The lowest BCUT2D eigenvalue weighted by molar-refractivity contribution is 0.102. The number of hydrogen-bond donors (Lipinski definition) is 3. The van der Waals surface area contributed by atoms with Gasteiger partial charge in [-0.1, -0.05) is 0 Å². The van der Waals surface area contributed by atoms with Crippen molar-refractivity contribution in [2.45, 2.75) is 18.8 Å². The third-order valence-electron chi connectivity index (χ3n) is 4.67. The Labute approximate surface area is 165 Å². The van der Waals surface area contributed by atoms with E-state index in [4.69, 9.17) is 4.74 Å². The van der Waals surface area contributed by atoms with Crippen LogP contribution in [0.25, 0.3) is 0 Å². The van der Waals surface area contributed by atoms with Gasteiger partial charge in [0, 0.05) is 18.1 Å². The first kappa shape index (κ1) is 19.0. The second kappa shape index (κ2) is 8.36. The summed E-state index contributed by atoms with van der Waals surface area (Å²) in [5, 5.41) is 6.02. The van der Waals surface area contributed by atoms with E-state index < -0.39 is 11.6 Å². The van der Waals surface area contributed by atoms with Crippen LogP contribution in [0.15, 0.2) is 42.7 Å². The zero-order chi connectivity index (χ0) is 20.2. The highest BCUT2D eigenvalue weighted by molar-refractivity contribution is 6.02. The number of H-pyrrole nitrogens is 1. The predicted molar refractivity (Wildman–Crippen MR) is 102 cm³/mol. The number of benzene rings is 1. The molecular formula is C20H19F2N5O2. The van der Waals surface area contributed by atoms with Gasteiger partial charge in [-0.05, 0) is 44.1 Å². The van der Waals surface area contributed by atoms with Gasteiger partial charge >= 0.3 is 0 Å². The molecule has 1 saturated heterocycles. The largest absolute Gasteiger partial charge is 0.436 e. The normalized spacial score (nSPS) is 14.6. The van der Waals surface area contributed by atoms with Crippen molar-refractivity contribution in [3.63, 3.8) is 0 Å². The number of amides is 1. The summed E-state index contributed by atoms with van der Waals surface area (Å²) in [6, 6.07) is 6.06. The van der Waals surface area contributed by atoms with Crippen LogP contribution in [0.5, 0.6) is 11.6 Å². The minimum Gasteiger partial charge on any atom is -0.436 e. The van der Waals surface area contributed by atoms with Crippen molar-refractivity contribution in [3.8, 4) is 11.6 Å². The molecule has 2 aromatic heterocycles. The number of carbonyl (C=O) groups excluding carboxylic acids is 1. The summed E-state index contributed by atoms with van der Waals surface area (Å²) in [6.45, 7) is 1.88. The van der Waals surface area contributed by atoms with Crippen LogP contribution in [0.2, 0.25) is 0 Å². The quantitative estimate of drug-likeness (QED) is 0.610. The van der Waals surface area contributed by atoms with Gasteiger partial charge in [0.25, 0.3) is 5.91 Å². The summed E-state index contributed by atoms with van der Waals surface area (Å²) in [6.07, 6.45) is 4.87. The predicted octanol–water partition coefficient (Wildman–Crippen LogP) is 3.59. The summed E-state index contributed by atoms with van der Waals surface area (Å²) in [7, 11) is 0. The first-order valence-electron chi connectivity index (χ1n) is 9.24. The number of pyridine rings is 1. The molecule has 4 rings (SSSR count). The van der Waals surface area contributed by atoms with Crippen LogP contribution < -0.4 is 15.4 Å². The summed E-state index contributed by atoms with van der Waals surface area (Å²) in [5.74, 6) is -0.738. The van der Waals surface area contributed by atoms with Crippen LogP contribution in [0.3, 0.4) is 0 Å². The van der Waals surface area contributed by atoms with Gasteiger partial charge in [-0.25, -0.2) is 18.7 Å². The molecule has 1 aliphatic heterocycles. The molecular weight excluding hydrogens is 380 g/mol. The Hall–Kier alpha value is -3.33. The molecule has 1 amide bonds. The van der Waals surface area contributed by atoms with Gasteiger partial charge in [-0.3, -0.25) is 4.79 Å². The van der Waals surface area contributed by atoms with Crippen LogP contribution in [-0.2, 0) is 0 Å². The summed E-state index contributed by atoms with van der Waals surface area (Å²) in [5.41, 5.74) is 0.812. The Morgan fingerprint density at radius 1 is 1.10 bits per heavy atom. The monoisotopic (exact) mass is 399 g/mol. The van der Waals surface area contributed by atoms with Gasteiger partial charge in [0.15, 0.2) is 11.6 Å². The van der Waals surface area contributed by atoms with Crippen LogP contribution in [0.4, 0.5) is 14.5 Å². The van der Waals surface area contributed by atoms with Gasteiger partial charge in [0.1, 0.15) is 17.3 Å². The lowest BCUT2D eigenvalue weighted by Gasteiger charge is -2.20. The molecule has 9 heteroatoms. The van der Waals surface area contributed by atoms with Gasteiger partial charge in [-0.15, -0.1) is 0 Å². The van der Waals surface area contributed by atoms with Crippen molar-refractivity contribution in [1.29, 1.82) is 0 Å². The number of halogens is 2. The van der Waals surface area contributed by atoms with Crippen molar-refractivity contribution in [2.24, 2.45) is 0 Å². The summed E-state index contributed by atoms with van der Waals surface area (Å²) < 4.78 is 31.9. The Morgan fingerprint density at radius 2 is 1.93 bits per heavy atom. The summed E-state index contributed by atoms with van der Waals surface area (Å²) >= 11 is 0. The third kappa shape index (κ3) is 4.57. The number of rotatable bonds is 5. The Kier molecular flexibility index (Phi) is 5.48. The molecule has 0 saturated carbocycles. The molecule has 29 heavy (non-hydrogen) atoms. The van der Waals surface area contributed by atoms with E-state index in [0.29, 0.717) is 17.3 Å². The standard InChI is InChI=1S/C20H19F2N5O2/c21-13-1-3-17(15(22)9-13)29-18-4-2-14(10-24-18)26-20(28)16-11-25-19(27-16)12-5-7-23-8-6-12/h1-4,9-12,23H,5-8H2,(H,25,27)(H,26,28). The van der Waals surface area contributed by atoms with Crippen LogP contribution in [0, 0.1) is 11.6 Å². The van der Waals surface area contributed by atoms with Gasteiger partial charge < -0.3 is 20.4 Å². The average molecular weight is 399 g/mol. The molecule has 3 aromatic rings. The molecule has 1 aliphatic rings. The van der Waals surface area contributed by atoms with Crippen molar-refractivity contribution >= 4 is 11.6 Å². The third-order valence-corrected chi connectivity index (χ3v) is 4.67. The first-order chi connectivity index (χ1) is 14.1. The summed E-state index contributed by atoms with van der Waals surface area (Å²) in [4.78, 5) is 23.9. The second-order valence-corrected chi connectivity index (χ2v) is 6.72. The molecule has 1 fully saturated rings. The highest BCUT2D eigenvalue weighted by Crippen LogP contribution is 2.25. The Morgan fingerprint density at radius 3 is 2.66 bits per heavy atom. The molecule has 0 bridgehead atoms. The number of aromatic nitrogens is 3. The molecule has 3 N–H and O–H groups in total. The fraction of sp³-hybridized carbons (Fsp3) is 0.250. The SMILES string of the molecule is O=C(Nc1ccc(Oc2ccc(F)cc2F)nc1)c1cnc(C2CCNCC2)[nH]1. The number of piperidine rings is 1. The van der Waals surface area contributed by atoms with E-state index in [1.165, 1.54) is 24.5 Å².